The molecule has 0 aliphatic carbocycles. The van der Waals surface area contributed by atoms with E-state index in [0.717, 1.165) is 4.88 Å². The molecule has 1 amide bonds. The summed E-state index contributed by atoms with van der Waals surface area (Å²) in [4.78, 5) is 32.4. The number of aromatic amines is 1. The van der Waals surface area contributed by atoms with Crippen LogP contribution in [0.3, 0.4) is 0 Å². The second-order valence-electron chi connectivity index (χ2n) is 6.29. The Kier molecular flexibility index (Phi) is 6.08. The Balaban J connectivity index is 2.05. The lowest BCUT2D eigenvalue weighted by Crippen LogP contribution is -2.19. The smallest absolute Gasteiger partial charge is 0.252 e. The van der Waals surface area contributed by atoms with Crippen LogP contribution in [0, 0.1) is 0 Å². The fraction of sp³-hybridized carbons (Fsp3) is 0.333. The van der Waals surface area contributed by atoms with Crippen molar-refractivity contribution in [1.82, 2.24) is 19.7 Å². The summed E-state index contributed by atoms with van der Waals surface area (Å²) in [5.41, 5.74) is 1.08. The minimum atomic E-state index is -0.267. The van der Waals surface area contributed by atoms with Gasteiger partial charge in [-0.25, -0.2) is 4.98 Å². The lowest BCUT2D eigenvalue weighted by molar-refractivity contribution is -0.116. The molecule has 0 unspecified atom stereocenters. The van der Waals surface area contributed by atoms with Gasteiger partial charge < -0.3 is 5.32 Å². The Morgan fingerprint density at radius 2 is 2.22 bits per heavy atom. The molecule has 3 heterocycles. The van der Waals surface area contributed by atoms with Crippen molar-refractivity contribution in [3.63, 3.8) is 0 Å². The summed E-state index contributed by atoms with van der Waals surface area (Å²) in [6.45, 7) is 3.92. The van der Waals surface area contributed by atoms with Crippen molar-refractivity contribution >= 4 is 34.7 Å². The van der Waals surface area contributed by atoms with Gasteiger partial charge in [-0.15, -0.1) is 22.9 Å². The van der Waals surface area contributed by atoms with Gasteiger partial charge in [0.05, 0.1) is 10.6 Å². The van der Waals surface area contributed by atoms with E-state index in [1.165, 1.54) is 22.1 Å². The van der Waals surface area contributed by atoms with Gasteiger partial charge in [-0.2, -0.15) is 9.78 Å². The molecule has 0 aromatic carbocycles. The molecule has 0 radical (unpaired) electrons. The highest BCUT2D eigenvalue weighted by Crippen LogP contribution is 2.27. The van der Waals surface area contributed by atoms with Gasteiger partial charge in [0.25, 0.3) is 5.56 Å². The van der Waals surface area contributed by atoms with Crippen LogP contribution < -0.4 is 10.9 Å². The molecule has 3 aromatic rings. The molecular weight excluding hydrogens is 386 g/mol. The first-order chi connectivity index (χ1) is 13.0. The average molecular weight is 406 g/mol. The van der Waals surface area contributed by atoms with Crippen LogP contribution in [0.25, 0.3) is 16.5 Å². The van der Waals surface area contributed by atoms with Crippen LogP contribution in [-0.4, -0.2) is 31.5 Å². The van der Waals surface area contributed by atoms with Crippen molar-refractivity contribution in [2.75, 3.05) is 11.2 Å². The Bertz CT molecular complexity index is 978. The number of hydrogen-bond donors (Lipinski definition) is 2. The highest BCUT2D eigenvalue weighted by Gasteiger charge is 2.17. The number of H-pyrrole nitrogens is 1. The van der Waals surface area contributed by atoms with E-state index in [4.69, 9.17) is 11.6 Å². The number of carbonyl (C=O) groups excluding carboxylic acids is 1. The number of halogens is 1. The molecule has 0 aliphatic rings. The van der Waals surface area contributed by atoms with Gasteiger partial charge in [-0.1, -0.05) is 19.9 Å². The number of amides is 1. The number of nitrogens with one attached hydrogen (secondary N) is 2. The minimum Gasteiger partial charge on any atom is -0.310 e. The highest BCUT2D eigenvalue weighted by atomic mass is 35.5. The van der Waals surface area contributed by atoms with Gasteiger partial charge in [-0.05, 0) is 23.8 Å². The predicted octanol–water partition coefficient (Wildman–Crippen LogP) is 3.77. The highest BCUT2D eigenvalue weighted by molar-refractivity contribution is 7.13. The zero-order valence-corrected chi connectivity index (χ0v) is 16.6. The second-order valence-corrected chi connectivity index (χ2v) is 7.62. The zero-order valence-electron chi connectivity index (χ0n) is 15.0. The van der Waals surface area contributed by atoms with Crippen LogP contribution in [0.5, 0.6) is 0 Å². The van der Waals surface area contributed by atoms with E-state index in [9.17, 15) is 9.59 Å². The second kappa shape index (κ2) is 8.49. The number of rotatable bonds is 7. The Labute approximate surface area is 165 Å². The van der Waals surface area contributed by atoms with E-state index in [-0.39, 0.29) is 23.3 Å². The maximum Gasteiger partial charge on any atom is 0.252 e. The van der Waals surface area contributed by atoms with Gasteiger partial charge in [0.15, 0.2) is 0 Å². The van der Waals surface area contributed by atoms with Crippen molar-refractivity contribution in [1.29, 1.82) is 0 Å². The van der Waals surface area contributed by atoms with E-state index in [2.05, 4.69) is 20.4 Å². The number of aromatic nitrogens is 4. The molecule has 0 fully saturated rings. The van der Waals surface area contributed by atoms with Crippen LogP contribution in [-0.2, 0) is 4.79 Å². The molecule has 0 bridgehead atoms. The molecule has 2 N–H and O–H groups in total. The van der Waals surface area contributed by atoms with E-state index in [0.29, 0.717) is 35.9 Å². The minimum absolute atomic E-state index is 0.0835. The van der Waals surface area contributed by atoms with Crippen LogP contribution in [0.1, 0.15) is 38.3 Å². The summed E-state index contributed by atoms with van der Waals surface area (Å²) in [5, 5.41) is 9.34. The molecule has 9 heteroatoms. The summed E-state index contributed by atoms with van der Waals surface area (Å²) < 4.78 is 1.46. The number of hydrogen-bond acceptors (Lipinski definition) is 5. The molecule has 0 aliphatic heterocycles. The van der Waals surface area contributed by atoms with Crippen LogP contribution >= 0.6 is 22.9 Å². The van der Waals surface area contributed by atoms with Crippen LogP contribution in [0.15, 0.2) is 34.4 Å². The number of anilines is 1. The number of alkyl halides is 1. The monoisotopic (exact) mass is 405 g/mol. The molecule has 7 nitrogen and oxygen atoms in total. The number of carbonyl (C=O) groups is 1. The average Bonchev–Trinajstić information content (AvgIpc) is 3.29. The maximum atomic E-state index is 12.2. The third-order valence-corrected chi connectivity index (χ3v) is 4.99. The molecule has 3 aromatic heterocycles. The van der Waals surface area contributed by atoms with Crippen LogP contribution in [0.2, 0.25) is 0 Å². The van der Waals surface area contributed by atoms with E-state index < -0.39 is 0 Å². The predicted molar refractivity (Wildman–Crippen MR) is 108 cm³/mol. The first kappa shape index (κ1) is 19.3. The molecule has 0 saturated carbocycles. The molecule has 3 rings (SSSR count). The van der Waals surface area contributed by atoms with Gasteiger partial charge in [0.1, 0.15) is 11.5 Å². The van der Waals surface area contributed by atoms with Crippen molar-refractivity contribution in [3.05, 3.63) is 45.7 Å². The largest absolute Gasteiger partial charge is 0.310 e. The van der Waals surface area contributed by atoms with Crippen molar-refractivity contribution in [2.24, 2.45) is 0 Å². The SMILES string of the molecule is CC(C)c1cc(=O)[nH]c(-n2nc(-c3cccs3)cc2NC(=O)CCCCl)n1. The Morgan fingerprint density at radius 1 is 1.41 bits per heavy atom. The standard InChI is InChI=1S/C18H20ClN5O2S/c1-11(2)12-10-17(26)22-18(20-12)24-15(21-16(25)6-3-7-19)9-13(23-24)14-5-4-8-27-14/h4-5,8-11H,3,6-7H2,1-2H3,(H,21,25)(H,20,22,26). The first-order valence-electron chi connectivity index (χ1n) is 8.59. The Morgan fingerprint density at radius 3 is 2.89 bits per heavy atom. The van der Waals surface area contributed by atoms with Gasteiger partial charge in [-0.3, -0.25) is 14.6 Å². The quantitative estimate of drug-likeness (QED) is 0.585. The number of thiophene rings is 1. The van der Waals surface area contributed by atoms with E-state index in [1.54, 1.807) is 6.07 Å². The lowest BCUT2D eigenvalue weighted by Gasteiger charge is -2.10. The molecule has 0 saturated heterocycles. The summed E-state index contributed by atoms with van der Waals surface area (Å²) in [7, 11) is 0. The van der Waals surface area contributed by atoms with E-state index >= 15 is 0 Å². The normalized spacial score (nSPS) is 11.1. The van der Waals surface area contributed by atoms with E-state index in [1.807, 2.05) is 31.4 Å². The van der Waals surface area contributed by atoms with Gasteiger partial charge >= 0.3 is 0 Å². The summed E-state index contributed by atoms with van der Waals surface area (Å²) >= 11 is 7.20. The Hall–Kier alpha value is -2.45. The zero-order chi connectivity index (χ0) is 19.4. The molecular formula is C18H20ClN5O2S. The van der Waals surface area contributed by atoms with Crippen molar-refractivity contribution in [3.8, 4) is 16.5 Å². The fourth-order valence-electron chi connectivity index (χ4n) is 2.47. The third kappa shape index (κ3) is 4.64. The van der Waals surface area contributed by atoms with Crippen molar-refractivity contribution in [2.45, 2.75) is 32.6 Å². The number of nitrogens with zero attached hydrogens (tertiary/aromatic N) is 3. The lowest BCUT2D eigenvalue weighted by atomic mass is 10.1. The maximum absolute atomic E-state index is 12.2. The molecule has 0 spiro atoms. The summed E-state index contributed by atoms with van der Waals surface area (Å²) in [6.07, 6.45) is 0.885. The summed E-state index contributed by atoms with van der Waals surface area (Å²) in [5.74, 6) is 1.04. The van der Waals surface area contributed by atoms with Gasteiger partial charge in [0, 0.05) is 24.4 Å². The summed E-state index contributed by atoms with van der Waals surface area (Å²) in [6, 6.07) is 7.11. The fourth-order valence-corrected chi connectivity index (χ4v) is 3.28. The van der Waals surface area contributed by atoms with Crippen molar-refractivity contribution < 1.29 is 4.79 Å². The molecule has 27 heavy (non-hydrogen) atoms. The third-order valence-electron chi connectivity index (χ3n) is 3.83. The van der Waals surface area contributed by atoms with Crippen LogP contribution in [0.4, 0.5) is 5.82 Å². The van der Waals surface area contributed by atoms with Gasteiger partial charge in [0.2, 0.25) is 11.9 Å². The first-order valence-corrected chi connectivity index (χ1v) is 10.0. The topological polar surface area (TPSA) is 92.7 Å². The molecule has 142 valence electrons. The molecule has 0 atom stereocenters.